The van der Waals surface area contributed by atoms with E-state index in [-0.39, 0.29) is 0 Å². The highest BCUT2D eigenvalue weighted by molar-refractivity contribution is 6.30. The minimum absolute atomic E-state index is 0.639. The Morgan fingerprint density at radius 2 is 1.89 bits per heavy atom. The Hall–Kier alpha value is -2.24. The fraction of sp³-hybridized carbons (Fsp3) is 0. The van der Waals surface area contributed by atoms with Crippen LogP contribution in [0, 0.1) is 11.8 Å². The predicted octanol–water partition coefficient (Wildman–Crippen LogP) is 3.31. The summed E-state index contributed by atoms with van der Waals surface area (Å²) >= 11 is 5.88. The molecule has 0 spiro atoms. The van der Waals surface area contributed by atoms with Gasteiger partial charge < -0.3 is 5.32 Å². The molecule has 0 heterocycles. The molecule has 0 unspecified atom stereocenters. The number of hydrogen-bond acceptors (Lipinski definition) is 1. The summed E-state index contributed by atoms with van der Waals surface area (Å²) in [6, 6.07) is 14.7. The molecular formula is C15H10ClNO. The van der Waals surface area contributed by atoms with Crippen molar-refractivity contribution < 1.29 is 4.79 Å². The predicted molar refractivity (Wildman–Crippen MR) is 73.6 cm³/mol. The monoisotopic (exact) mass is 255 g/mol. The molecule has 1 N–H and O–H groups in total. The maximum Gasteiger partial charge on any atom is 0.211 e. The number of carbonyl (C=O) groups is 1. The van der Waals surface area contributed by atoms with Gasteiger partial charge in [0.1, 0.15) is 0 Å². The number of nitrogens with one attached hydrogen (secondary N) is 1. The third-order valence-corrected chi connectivity index (χ3v) is 2.54. The maximum absolute atomic E-state index is 10.5. The highest BCUT2D eigenvalue weighted by atomic mass is 35.5. The third kappa shape index (κ3) is 3.13. The lowest BCUT2D eigenvalue weighted by atomic mass is 10.1. The number of halogens is 1. The van der Waals surface area contributed by atoms with Crippen LogP contribution in [0.25, 0.3) is 0 Å². The summed E-state index contributed by atoms with van der Waals surface area (Å²) in [5.74, 6) is 6.02. The van der Waals surface area contributed by atoms with Gasteiger partial charge in [-0.15, -0.1) is 0 Å². The zero-order chi connectivity index (χ0) is 12.8. The fourth-order valence-corrected chi connectivity index (χ4v) is 1.68. The molecule has 1 amide bonds. The Morgan fingerprint density at radius 1 is 1.06 bits per heavy atom. The molecule has 18 heavy (non-hydrogen) atoms. The first-order valence-electron chi connectivity index (χ1n) is 5.36. The van der Waals surface area contributed by atoms with Crippen molar-refractivity contribution in [3.05, 3.63) is 64.7 Å². The minimum atomic E-state index is 0.639. The van der Waals surface area contributed by atoms with Gasteiger partial charge in [-0.3, -0.25) is 4.79 Å². The molecule has 88 valence electrons. The summed E-state index contributed by atoms with van der Waals surface area (Å²) in [4.78, 5) is 10.5. The highest BCUT2D eigenvalue weighted by Gasteiger charge is 1.96. The lowest BCUT2D eigenvalue weighted by Crippen LogP contribution is -1.95. The fourth-order valence-electron chi connectivity index (χ4n) is 1.49. The quantitative estimate of drug-likeness (QED) is 0.647. The van der Waals surface area contributed by atoms with Crippen molar-refractivity contribution in [3.63, 3.8) is 0 Å². The summed E-state index contributed by atoms with van der Waals surface area (Å²) in [5.41, 5.74) is 2.30. The van der Waals surface area contributed by atoms with E-state index >= 15 is 0 Å². The van der Waals surface area contributed by atoms with Crippen LogP contribution < -0.4 is 5.32 Å². The summed E-state index contributed by atoms with van der Waals surface area (Å²) in [6.07, 6.45) is 0.639. The van der Waals surface area contributed by atoms with Crippen molar-refractivity contribution in [2.45, 2.75) is 0 Å². The van der Waals surface area contributed by atoms with Gasteiger partial charge in [-0.2, -0.15) is 0 Å². The van der Waals surface area contributed by atoms with Gasteiger partial charge in [0.05, 0.1) is 5.69 Å². The number of hydrogen-bond donors (Lipinski definition) is 1. The molecule has 3 heteroatoms. The van der Waals surface area contributed by atoms with Crippen molar-refractivity contribution in [1.29, 1.82) is 0 Å². The smallest absolute Gasteiger partial charge is 0.211 e. The first-order chi connectivity index (χ1) is 8.79. The Balaban J connectivity index is 2.32. The number of amides is 1. The maximum atomic E-state index is 10.5. The topological polar surface area (TPSA) is 29.1 Å². The summed E-state index contributed by atoms with van der Waals surface area (Å²) in [7, 11) is 0. The van der Waals surface area contributed by atoms with E-state index in [1.165, 1.54) is 0 Å². The lowest BCUT2D eigenvalue weighted by molar-refractivity contribution is -0.105. The van der Waals surface area contributed by atoms with E-state index in [9.17, 15) is 4.79 Å². The Kier molecular flexibility index (Phi) is 4.01. The highest BCUT2D eigenvalue weighted by Crippen LogP contribution is 2.13. The van der Waals surface area contributed by atoms with Gasteiger partial charge in [0.25, 0.3) is 0 Å². The normalized spacial score (nSPS) is 9.17. The van der Waals surface area contributed by atoms with Crippen LogP contribution in [0.3, 0.4) is 0 Å². The van der Waals surface area contributed by atoms with E-state index in [4.69, 9.17) is 11.6 Å². The summed E-state index contributed by atoms with van der Waals surface area (Å²) in [5, 5.41) is 3.27. The van der Waals surface area contributed by atoms with Crippen molar-refractivity contribution in [1.82, 2.24) is 0 Å². The zero-order valence-electron chi connectivity index (χ0n) is 9.48. The minimum Gasteiger partial charge on any atom is -0.328 e. The van der Waals surface area contributed by atoms with E-state index in [1.54, 1.807) is 18.2 Å². The zero-order valence-corrected chi connectivity index (χ0v) is 10.2. The van der Waals surface area contributed by atoms with Crippen molar-refractivity contribution in [3.8, 4) is 11.8 Å². The number of rotatable bonds is 2. The van der Waals surface area contributed by atoms with E-state index in [0.717, 1.165) is 11.1 Å². The first-order valence-corrected chi connectivity index (χ1v) is 5.74. The molecule has 2 aromatic rings. The lowest BCUT2D eigenvalue weighted by Gasteiger charge is -2.00. The van der Waals surface area contributed by atoms with Crippen molar-refractivity contribution in [2.75, 3.05) is 5.32 Å². The molecule has 2 aromatic carbocycles. The molecule has 0 saturated heterocycles. The Bertz CT molecular complexity index is 626. The number of para-hydroxylation sites is 1. The molecular weight excluding hydrogens is 246 g/mol. The molecule has 0 atom stereocenters. The van der Waals surface area contributed by atoms with Crippen LogP contribution in [0.4, 0.5) is 5.69 Å². The molecule has 0 aromatic heterocycles. The van der Waals surface area contributed by atoms with Crippen LogP contribution in [0.5, 0.6) is 0 Å². The number of anilines is 1. The second kappa shape index (κ2) is 5.90. The number of benzene rings is 2. The van der Waals surface area contributed by atoms with E-state index in [0.29, 0.717) is 17.1 Å². The standard InChI is InChI=1S/C15H10ClNO/c16-14-6-3-4-12(10-14)8-9-13-5-1-2-7-15(13)17-11-18/h1-7,10-11H,(H,17,18). The van der Waals surface area contributed by atoms with Crippen LogP contribution in [0.15, 0.2) is 48.5 Å². The average molecular weight is 256 g/mol. The number of carbonyl (C=O) groups excluding carboxylic acids is 1. The van der Waals surface area contributed by atoms with Crippen molar-refractivity contribution >= 4 is 23.7 Å². The molecule has 0 aliphatic heterocycles. The van der Waals surface area contributed by atoms with Crippen LogP contribution in [-0.2, 0) is 4.79 Å². The van der Waals surface area contributed by atoms with Gasteiger partial charge in [-0.1, -0.05) is 41.6 Å². The molecule has 2 rings (SSSR count). The van der Waals surface area contributed by atoms with Crippen LogP contribution in [-0.4, -0.2) is 6.41 Å². The van der Waals surface area contributed by atoms with E-state index in [1.807, 2.05) is 30.3 Å². The molecule has 0 aliphatic carbocycles. The first kappa shape index (κ1) is 12.2. The van der Waals surface area contributed by atoms with Crippen LogP contribution >= 0.6 is 11.6 Å². The molecule has 0 saturated carbocycles. The van der Waals surface area contributed by atoms with Crippen molar-refractivity contribution in [2.24, 2.45) is 0 Å². The van der Waals surface area contributed by atoms with Crippen LogP contribution in [0.2, 0.25) is 5.02 Å². The van der Waals surface area contributed by atoms with Crippen LogP contribution in [0.1, 0.15) is 11.1 Å². The second-order valence-corrected chi connectivity index (χ2v) is 4.00. The molecule has 0 bridgehead atoms. The van der Waals surface area contributed by atoms with E-state index in [2.05, 4.69) is 17.2 Å². The Morgan fingerprint density at radius 3 is 2.67 bits per heavy atom. The van der Waals surface area contributed by atoms with Gasteiger partial charge >= 0.3 is 0 Å². The van der Waals surface area contributed by atoms with Gasteiger partial charge in [0.15, 0.2) is 0 Å². The van der Waals surface area contributed by atoms with Gasteiger partial charge in [-0.25, -0.2) is 0 Å². The average Bonchev–Trinajstić information content (AvgIpc) is 2.38. The molecule has 2 nitrogen and oxygen atoms in total. The Labute approximate surface area is 111 Å². The van der Waals surface area contributed by atoms with Gasteiger partial charge in [0, 0.05) is 16.1 Å². The SMILES string of the molecule is O=CNc1ccccc1C#Cc1cccc(Cl)c1. The largest absolute Gasteiger partial charge is 0.328 e. The van der Waals surface area contributed by atoms with E-state index < -0.39 is 0 Å². The van der Waals surface area contributed by atoms with Gasteiger partial charge in [0.2, 0.25) is 6.41 Å². The molecule has 0 fully saturated rings. The summed E-state index contributed by atoms with van der Waals surface area (Å²) in [6.45, 7) is 0. The van der Waals surface area contributed by atoms with Gasteiger partial charge in [-0.05, 0) is 30.3 Å². The molecule has 0 aliphatic rings. The molecule has 0 radical (unpaired) electrons. The third-order valence-electron chi connectivity index (χ3n) is 2.31. The second-order valence-electron chi connectivity index (χ2n) is 3.57. The summed E-state index contributed by atoms with van der Waals surface area (Å²) < 4.78 is 0.